The van der Waals surface area contributed by atoms with Crippen LogP contribution in [0.5, 0.6) is 23.0 Å². The Hall–Kier alpha value is -3.31. The molecule has 0 N–H and O–H groups in total. The molecular weight excluding hydrogens is 496 g/mol. The lowest BCUT2D eigenvalue weighted by Gasteiger charge is -2.21. The summed E-state index contributed by atoms with van der Waals surface area (Å²) in [6.07, 6.45) is 0.456. The first-order chi connectivity index (χ1) is 17.6. The van der Waals surface area contributed by atoms with Gasteiger partial charge in [0.05, 0.1) is 45.4 Å². The standard InChI is InChI=1S/C26H36N4O6S/c1-17(2)20-16-21(23(35-7)24(36-8)22(20)34-6)25-27-28-26(37(31,32)15-9-14-29(3)4)30(25)18-10-12-19(33-5)13-11-18/h10-13,16-17H,9,14-15H2,1-8H3. The molecule has 0 saturated carbocycles. The fourth-order valence-electron chi connectivity index (χ4n) is 4.11. The van der Waals surface area contributed by atoms with Gasteiger partial charge in [0.2, 0.25) is 15.6 Å². The summed E-state index contributed by atoms with van der Waals surface area (Å²) in [4.78, 5) is 1.94. The van der Waals surface area contributed by atoms with E-state index in [0.717, 1.165) is 5.56 Å². The minimum absolute atomic E-state index is 0.0695. The first-order valence-electron chi connectivity index (χ1n) is 11.9. The monoisotopic (exact) mass is 532 g/mol. The molecule has 0 atom stereocenters. The van der Waals surface area contributed by atoms with Crippen molar-refractivity contribution in [1.82, 2.24) is 19.7 Å². The SMILES string of the molecule is COc1ccc(-n2c(-c3cc(C(C)C)c(OC)c(OC)c3OC)nnc2S(=O)(=O)CCCN(C)C)cc1. The van der Waals surface area contributed by atoms with Crippen molar-refractivity contribution in [3.05, 3.63) is 35.9 Å². The van der Waals surface area contributed by atoms with Gasteiger partial charge in [-0.1, -0.05) is 13.8 Å². The van der Waals surface area contributed by atoms with E-state index in [1.807, 2.05) is 38.9 Å². The first-order valence-corrected chi connectivity index (χ1v) is 13.5. The zero-order valence-electron chi connectivity index (χ0n) is 22.7. The van der Waals surface area contributed by atoms with E-state index in [9.17, 15) is 8.42 Å². The summed E-state index contributed by atoms with van der Waals surface area (Å²) in [6, 6.07) is 8.93. The highest BCUT2D eigenvalue weighted by atomic mass is 32.2. The second kappa shape index (κ2) is 11.8. The number of methoxy groups -OCH3 is 4. The molecular formula is C26H36N4O6S. The minimum Gasteiger partial charge on any atom is -0.497 e. The molecule has 0 bridgehead atoms. The van der Waals surface area contributed by atoms with Crippen LogP contribution in [-0.4, -0.2) is 82.9 Å². The second-order valence-corrected chi connectivity index (χ2v) is 11.1. The van der Waals surface area contributed by atoms with Crippen LogP contribution in [0.15, 0.2) is 35.5 Å². The molecule has 10 nitrogen and oxygen atoms in total. The van der Waals surface area contributed by atoms with Crippen molar-refractivity contribution in [2.75, 3.05) is 54.8 Å². The van der Waals surface area contributed by atoms with Gasteiger partial charge in [0.1, 0.15) is 5.75 Å². The lowest BCUT2D eigenvalue weighted by Crippen LogP contribution is -2.19. The van der Waals surface area contributed by atoms with Crippen LogP contribution in [0, 0.1) is 0 Å². The van der Waals surface area contributed by atoms with Gasteiger partial charge in [-0.05, 0) is 63.3 Å². The third-order valence-electron chi connectivity index (χ3n) is 5.95. The highest BCUT2D eigenvalue weighted by Gasteiger charge is 2.31. The molecule has 0 fully saturated rings. The lowest BCUT2D eigenvalue weighted by molar-refractivity contribution is 0.322. The van der Waals surface area contributed by atoms with Gasteiger partial charge in [-0.25, -0.2) is 8.42 Å². The van der Waals surface area contributed by atoms with Gasteiger partial charge in [0, 0.05) is 5.56 Å². The van der Waals surface area contributed by atoms with Crippen LogP contribution in [0.3, 0.4) is 0 Å². The Kier molecular flexibility index (Phi) is 9.03. The largest absolute Gasteiger partial charge is 0.497 e. The fourth-order valence-corrected chi connectivity index (χ4v) is 5.44. The Morgan fingerprint density at radius 3 is 2.03 bits per heavy atom. The van der Waals surface area contributed by atoms with Gasteiger partial charge in [-0.3, -0.25) is 4.57 Å². The summed E-state index contributed by atoms with van der Waals surface area (Å²) in [7, 11) is 6.22. The quantitative estimate of drug-likeness (QED) is 0.344. The molecule has 0 saturated heterocycles. The van der Waals surface area contributed by atoms with Crippen LogP contribution < -0.4 is 18.9 Å². The van der Waals surface area contributed by atoms with Crippen LogP contribution in [-0.2, 0) is 9.84 Å². The Morgan fingerprint density at radius 2 is 1.51 bits per heavy atom. The van der Waals surface area contributed by atoms with Crippen LogP contribution >= 0.6 is 0 Å². The van der Waals surface area contributed by atoms with Crippen molar-refractivity contribution in [3.63, 3.8) is 0 Å². The molecule has 0 amide bonds. The number of ether oxygens (including phenoxy) is 4. The van der Waals surface area contributed by atoms with Crippen molar-refractivity contribution in [2.24, 2.45) is 0 Å². The predicted molar refractivity (Wildman–Crippen MR) is 142 cm³/mol. The van der Waals surface area contributed by atoms with E-state index >= 15 is 0 Å². The molecule has 11 heteroatoms. The molecule has 37 heavy (non-hydrogen) atoms. The average Bonchev–Trinajstić information content (AvgIpc) is 3.32. The number of sulfone groups is 1. The van der Waals surface area contributed by atoms with E-state index in [-0.39, 0.29) is 16.8 Å². The molecule has 0 aliphatic rings. The van der Waals surface area contributed by atoms with Crippen LogP contribution in [0.4, 0.5) is 0 Å². The Labute approximate surface area is 219 Å². The van der Waals surface area contributed by atoms with Crippen molar-refractivity contribution in [2.45, 2.75) is 31.3 Å². The molecule has 0 spiro atoms. The van der Waals surface area contributed by atoms with E-state index in [0.29, 0.717) is 53.0 Å². The molecule has 3 aromatic rings. The Bertz CT molecular complexity index is 1320. The molecule has 0 aliphatic heterocycles. The average molecular weight is 533 g/mol. The van der Waals surface area contributed by atoms with Gasteiger partial charge >= 0.3 is 0 Å². The molecule has 202 valence electrons. The van der Waals surface area contributed by atoms with E-state index in [2.05, 4.69) is 10.2 Å². The summed E-state index contributed by atoms with van der Waals surface area (Å²) in [5.74, 6) is 2.24. The van der Waals surface area contributed by atoms with Crippen molar-refractivity contribution in [3.8, 4) is 40.1 Å². The maximum atomic E-state index is 13.5. The van der Waals surface area contributed by atoms with Gasteiger partial charge < -0.3 is 23.8 Å². The van der Waals surface area contributed by atoms with Crippen LogP contribution in [0.1, 0.15) is 31.7 Å². The van der Waals surface area contributed by atoms with E-state index < -0.39 is 9.84 Å². The highest BCUT2D eigenvalue weighted by Crippen LogP contribution is 2.48. The number of benzene rings is 2. The number of aromatic nitrogens is 3. The van der Waals surface area contributed by atoms with Crippen LogP contribution in [0.25, 0.3) is 17.1 Å². The van der Waals surface area contributed by atoms with E-state index in [4.69, 9.17) is 18.9 Å². The zero-order valence-corrected chi connectivity index (χ0v) is 23.5. The van der Waals surface area contributed by atoms with Gasteiger partial charge in [0.15, 0.2) is 17.3 Å². The minimum atomic E-state index is -3.78. The number of nitrogens with zero attached hydrogens (tertiary/aromatic N) is 4. The summed E-state index contributed by atoms with van der Waals surface area (Å²) in [5, 5.41) is 8.41. The maximum Gasteiger partial charge on any atom is 0.254 e. The Balaban J connectivity index is 2.33. The molecule has 0 radical (unpaired) electrons. The van der Waals surface area contributed by atoms with Crippen LogP contribution in [0.2, 0.25) is 0 Å². The second-order valence-electron chi connectivity index (χ2n) is 9.08. The lowest BCUT2D eigenvalue weighted by atomic mass is 9.97. The summed E-state index contributed by atoms with van der Waals surface area (Å²) < 4.78 is 50.9. The summed E-state index contributed by atoms with van der Waals surface area (Å²) >= 11 is 0. The predicted octanol–water partition coefficient (Wildman–Crippen LogP) is 3.82. The van der Waals surface area contributed by atoms with Gasteiger partial charge in [0.25, 0.3) is 5.16 Å². The van der Waals surface area contributed by atoms with E-state index in [1.54, 1.807) is 38.5 Å². The van der Waals surface area contributed by atoms with Gasteiger partial charge in [-0.15, -0.1) is 10.2 Å². The summed E-state index contributed by atoms with van der Waals surface area (Å²) in [5.41, 5.74) is 1.95. The Morgan fingerprint density at radius 1 is 0.892 bits per heavy atom. The van der Waals surface area contributed by atoms with Crippen molar-refractivity contribution < 1.29 is 27.4 Å². The number of rotatable bonds is 12. The normalized spacial score (nSPS) is 11.7. The summed E-state index contributed by atoms with van der Waals surface area (Å²) in [6.45, 7) is 4.69. The molecule has 2 aromatic carbocycles. The van der Waals surface area contributed by atoms with Crippen molar-refractivity contribution in [1.29, 1.82) is 0 Å². The number of hydrogen-bond acceptors (Lipinski definition) is 9. The molecule has 1 aromatic heterocycles. The maximum absolute atomic E-state index is 13.5. The molecule has 3 rings (SSSR count). The molecule has 0 unspecified atom stereocenters. The highest BCUT2D eigenvalue weighted by molar-refractivity contribution is 7.91. The third kappa shape index (κ3) is 5.83. The fraction of sp³-hybridized carbons (Fsp3) is 0.462. The van der Waals surface area contributed by atoms with Crippen molar-refractivity contribution >= 4 is 9.84 Å². The third-order valence-corrected chi connectivity index (χ3v) is 7.60. The van der Waals surface area contributed by atoms with E-state index in [1.165, 1.54) is 18.8 Å². The topological polar surface area (TPSA) is 105 Å². The smallest absolute Gasteiger partial charge is 0.254 e. The first kappa shape index (κ1) is 28.3. The molecule has 1 heterocycles. The molecule has 0 aliphatic carbocycles. The zero-order chi connectivity index (χ0) is 27.3. The van der Waals surface area contributed by atoms with Gasteiger partial charge in [-0.2, -0.15) is 0 Å². The number of hydrogen-bond donors (Lipinski definition) is 0.